The maximum Gasteiger partial charge on any atom is 0.119 e. The summed E-state index contributed by atoms with van der Waals surface area (Å²) in [7, 11) is 0. The zero-order chi connectivity index (χ0) is 14.8. The fourth-order valence-corrected chi connectivity index (χ4v) is 2.83. The van der Waals surface area contributed by atoms with E-state index >= 15 is 0 Å². The predicted molar refractivity (Wildman–Crippen MR) is 87.6 cm³/mol. The van der Waals surface area contributed by atoms with Crippen molar-refractivity contribution in [2.24, 2.45) is 5.92 Å². The van der Waals surface area contributed by atoms with Gasteiger partial charge in [0.2, 0.25) is 0 Å². The fourth-order valence-electron chi connectivity index (χ4n) is 2.83. The van der Waals surface area contributed by atoms with Crippen LogP contribution in [0.3, 0.4) is 0 Å². The molecule has 1 aromatic rings. The number of benzene rings is 1. The van der Waals surface area contributed by atoms with Gasteiger partial charge in [0.05, 0.1) is 6.61 Å². The molecule has 0 aromatic heterocycles. The molecule has 0 saturated heterocycles. The molecule has 0 heterocycles. The van der Waals surface area contributed by atoms with Crippen molar-refractivity contribution in [3.63, 3.8) is 0 Å². The maximum atomic E-state index is 5.54. The number of rotatable bonds is 10. The van der Waals surface area contributed by atoms with Gasteiger partial charge in [0.15, 0.2) is 0 Å². The minimum atomic E-state index is 0.604. The van der Waals surface area contributed by atoms with Gasteiger partial charge >= 0.3 is 0 Å². The van der Waals surface area contributed by atoms with E-state index in [-0.39, 0.29) is 0 Å². The van der Waals surface area contributed by atoms with Gasteiger partial charge in [-0.2, -0.15) is 0 Å². The van der Waals surface area contributed by atoms with Crippen molar-refractivity contribution in [2.45, 2.75) is 52.9 Å². The summed E-state index contributed by atoms with van der Waals surface area (Å²) in [6.45, 7) is 11.8. The van der Waals surface area contributed by atoms with Gasteiger partial charge in [0.25, 0.3) is 0 Å². The minimum Gasteiger partial charge on any atom is -0.494 e. The molecule has 0 aliphatic heterocycles. The van der Waals surface area contributed by atoms with Crippen LogP contribution >= 0.6 is 0 Å². The molecule has 1 aromatic carbocycles. The molecule has 0 aliphatic carbocycles. The molecule has 2 heteroatoms. The van der Waals surface area contributed by atoms with Gasteiger partial charge < -0.3 is 10.1 Å². The molecular formula is C18H31NO. The van der Waals surface area contributed by atoms with Crippen molar-refractivity contribution < 1.29 is 4.74 Å². The van der Waals surface area contributed by atoms with E-state index in [1.807, 2.05) is 6.92 Å². The van der Waals surface area contributed by atoms with Crippen LogP contribution in [-0.2, 0) is 0 Å². The van der Waals surface area contributed by atoms with E-state index in [2.05, 4.69) is 50.4 Å². The average molecular weight is 277 g/mol. The number of hydrogen-bond donors (Lipinski definition) is 1. The summed E-state index contributed by atoms with van der Waals surface area (Å²) in [5.74, 6) is 2.32. The molecule has 1 rings (SSSR count). The van der Waals surface area contributed by atoms with Crippen molar-refractivity contribution in [3.05, 3.63) is 29.8 Å². The van der Waals surface area contributed by atoms with Crippen molar-refractivity contribution in [2.75, 3.05) is 19.7 Å². The summed E-state index contributed by atoms with van der Waals surface area (Å²) < 4.78 is 5.54. The van der Waals surface area contributed by atoms with Crippen LogP contribution in [0.25, 0.3) is 0 Å². The van der Waals surface area contributed by atoms with Gasteiger partial charge in [-0.1, -0.05) is 45.7 Å². The lowest BCUT2D eigenvalue weighted by Gasteiger charge is -2.26. The molecule has 1 atom stereocenters. The summed E-state index contributed by atoms with van der Waals surface area (Å²) in [5, 5.41) is 3.59. The molecule has 2 nitrogen and oxygen atoms in total. The first kappa shape index (κ1) is 17.0. The first-order chi connectivity index (χ1) is 9.76. The quantitative estimate of drug-likeness (QED) is 0.631. The van der Waals surface area contributed by atoms with Gasteiger partial charge in [-0.25, -0.2) is 0 Å². The van der Waals surface area contributed by atoms with Gasteiger partial charge in [0, 0.05) is 6.54 Å². The maximum absolute atomic E-state index is 5.54. The van der Waals surface area contributed by atoms with E-state index in [0.29, 0.717) is 5.92 Å². The van der Waals surface area contributed by atoms with Crippen LogP contribution in [-0.4, -0.2) is 19.7 Å². The van der Waals surface area contributed by atoms with Crippen LogP contribution < -0.4 is 10.1 Å². The van der Waals surface area contributed by atoms with Crippen LogP contribution in [0, 0.1) is 5.92 Å². The molecule has 0 spiro atoms. The Labute approximate surface area is 124 Å². The summed E-state index contributed by atoms with van der Waals surface area (Å²) in [4.78, 5) is 0. The Kier molecular flexibility index (Phi) is 8.36. The highest BCUT2D eigenvalue weighted by molar-refractivity contribution is 5.30. The minimum absolute atomic E-state index is 0.604. The van der Waals surface area contributed by atoms with Gasteiger partial charge in [0.1, 0.15) is 5.75 Å². The lowest BCUT2D eigenvalue weighted by Crippen LogP contribution is -2.27. The lowest BCUT2D eigenvalue weighted by atomic mass is 9.82. The molecule has 0 fully saturated rings. The van der Waals surface area contributed by atoms with Crippen LogP contribution in [0.4, 0.5) is 0 Å². The first-order valence-corrected chi connectivity index (χ1v) is 8.20. The second-order valence-electron chi connectivity index (χ2n) is 5.39. The Morgan fingerprint density at radius 3 is 2.15 bits per heavy atom. The van der Waals surface area contributed by atoms with Crippen molar-refractivity contribution in [1.82, 2.24) is 5.32 Å². The van der Waals surface area contributed by atoms with Crippen LogP contribution in [0.15, 0.2) is 24.3 Å². The Morgan fingerprint density at radius 1 is 1.00 bits per heavy atom. The average Bonchev–Trinajstić information content (AvgIpc) is 2.48. The van der Waals surface area contributed by atoms with Crippen molar-refractivity contribution >= 4 is 0 Å². The Balaban J connectivity index is 2.79. The summed E-state index contributed by atoms with van der Waals surface area (Å²) in [6, 6.07) is 8.69. The second-order valence-corrected chi connectivity index (χ2v) is 5.39. The molecule has 0 bridgehead atoms. The van der Waals surface area contributed by atoms with E-state index in [0.717, 1.165) is 31.4 Å². The smallest absolute Gasteiger partial charge is 0.119 e. The Bertz CT molecular complexity index is 343. The normalized spacial score (nSPS) is 12.7. The highest BCUT2D eigenvalue weighted by Crippen LogP contribution is 2.30. The van der Waals surface area contributed by atoms with Crippen LogP contribution in [0.5, 0.6) is 5.75 Å². The third kappa shape index (κ3) is 5.16. The van der Waals surface area contributed by atoms with Gasteiger partial charge in [-0.3, -0.25) is 0 Å². The third-order valence-corrected chi connectivity index (χ3v) is 4.03. The molecular weight excluding hydrogens is 246 g/mol. The monoisotopic (exact) mass is 277 g/mol. The largest absolute Gasteiger partial charge is 0.494 e. The lowest BCUT2D eigenvalue weighted by molar-refractivity contribution is 0.339. The molecule has 1 N–H and O–H groups in total. The van der Waals surface area contributed by atoms with Gasteiger partial charge in [-0.05, 0) is 49.4 Å². The van der Waals surface area contributed by atoms with Crippen molar-refractivity contribution in [3.8, 4) is 5.75 Å². The zero-order valence-electron chi connectivity index (χ0n) is 13.6. The zero-order valence-corrected chi connectivity index (χ0v) is 13.6. The molecule has 0 aliphatic rings. The van der Waals surface area contributed by atoms with E-state index < -0.39 is 0 Å². The molecule has 0 amide bonds. The molecule has 0 saturated carbocycles. The Hall–Kier alpha value is -1.02. The summed E-state index contributed by atoms with van der Waals surface area (Å²) >= 11 is 0. The second kappa shape index (κ2) is 9.82. The van der Waals surface area contributed by atoms with Crippen LogP contribution in [0.1, 0.15) is 58.4 Å². The third-order valence-electron chi connectivity index (χ3n) is 4.03. The molecule has 20 heavy (non-hydrogen) atoms. The van der Waals surface area contributed by atoms with Crippen LogP contribution in [0.2, 0.25) is 0 Å². The van der Waals surface area contributed by atoms with E-state index in [1.165, 1.54) is 24.8 Å². The highest BCUT2D eigenvalue weighted by Gasteiger charge is 2.20. The SMILES string of the molecule is CCCNCC(c1ccc(OCC)cc1)C(CC)CC. The highest BCUT2D eigenvalue weighted by atomic mass is 16.5. The standard InChI is InChI=1S/C18H31NO/c1-5-13-19-14-18(15(6-2)7-3)16-9-11-17(12-10-16)20-8-4/h9-12,15,18-19H,5-8,13-14H2,1-4H3. The molecule has 0 radical (unpaired) electrons. The van der Waals surface area contributed by atoms with E-state index in [1.54, 1.807) is 0 Å². The molecule has 1 unspecified atom stereocenters. The first-order valence-electron chi connectivity index (χ1n) is 8.20. The number of nitrogens with one attached hydrogen (secondary N) is 1. The van der Waals surface area contributed by atoms with Gasteiger partial charge in [-0.15, -0.1) is 0 Å². The summed E-state index contributed by atoms with van der Waals surface area (Å²) in [5.41, 5.74) is 1.44. The predicted octanol–water partition coefficient (Wildman–Crippen LogP) is 4.60. The Morgan fingerprint density at radius 2 is 1.65 bits per heavy atom. The summed E-state index contributed by atoms with van der Waals surface area (Å²) in [6.07, 6.45) is 3.67. The fraction of sp³-hybridized carbons (Fsp3) is 0.667. The van der Waals surface area contributed by atoms with E-state index in [4.69, 9.17) is 4.74 Å². The number of ether oxygens (including phenoxy) is 1. The molecule has 114 valence electrons. The van der Waals surface area contributed by atoms with Crippen molar-refractivity contribution in [1.29, 1.82) is 0 Å². The topological polar surface area (TPSA) is 21.3 Å². The number of hydrogen-bond acceptors (Lipinski definition) is 2. The van der Waals surface area contributed by atoms with E-state index in [9.17, 15) is 0 Å².